The van der Waals surface area contributed by atoms with Crippen molar-refractivity contribution in [3.8, 4) is 0 Å². The topological polar surface area (TPSA) is 79.0 Å². The van der Waals surface area contributed by atoms with Crippen LogP contribution >= 0.6 is 11.3 Å². The largest absolute Gasteiger partial charge is 0.465 e. The van der Waals surface area contributed by atoms with Crippen LogP contribution in [0.25, 0.3) is 0 Å². The molecular weight excluding hydrogens is 330 g/mol. The Hall–Kier alpha value is -1.93. The molecule has 0 atom stereocenters. The molecule has 8 heteroatoms. The number of nitrogens with zero attached hydrogens (tertiary/aromatic N) is 2. The number of imide groups is 1. The predicted octanol–water partition coefficient (Wildman–Crippen LogP) is 1.44. The van der Waals surface area contributed by atoms with Crippen molar-refractivity contribution in [2.45, 2.75) is 31.8 Å². The Bertz CT molecular complexity index is 664. The second kappa shape index (κ2) is 6.52. The Balaban J connectivity index is 1.63. The summed E-state index contributed by atoms with van der Waals surface area (Å²) in [5.74, 6) is -0.485. The first-order valence-electron chi connectivity index (χ1n) is 8.01. The SMILES string of the molecule is CCN1C(=O)NC(=O)C12CCN(Cc1csc(C(=O)OC)c1)CC2. The summed E-state index contributed by atoms with van der Waals surface area (Å²) in [5, 5.41) is 4.40. The van der Waals surface area contributed by atoms with Gasteiger partial charge >= 0.3 is 12.0 Å². The van der Waals surface area contributed by atoms with Crippen LogP contribution in [0.3, 0.4) is 0 Å². The number of ether oxygens (including phenoxy) is 1. The number of hydrogen-bond donors (Lipinski definition) is 1. The first-order valence-corrected chi connectivity index (χ1v) is 8.89. The smallest absolute Gasteiger partial charge is 0.348 e. The molecule has 1 N–H and O–H groups in total. The van der Waals surface area contributed by atoms with Crippen molar-refractivity contribution in [2.24, 2.45) is 0 Å². The van der Waals surface area contributed by atoms with Gasteiger partial charge in [0, 0.05) is 26.2 Å². The number of likely N-dealkylation sites (tertiary alicyclic amines) is 1. The molecule has 2 saturated heterocycles. The Morgan fingerprint density at radius 1 is 1.38 bits per heavy atom. The Morgan fingerprint density at radius 3 is 2.71 bits per heavy atom. The minimum atomic E-state index is -0.686. The molecule has 1 aromatic heterocycles. The van der Waals surface area contributed by atoms with Gasteiger partial charge in [-0.25, -0.2) is 9.59 Å². The van der Waals surface area contributed by atoms with Gasteiger partial charge in [-0.2, -0.15) is 0 Å². The molecule has 0 radical (unpaired) electrons. The van der Waals surface area contributed by atoms with E-state index in [1.807, 2.05) is 18.4 Å². The zero-order chi connectivity index (χ0) is 17.3. The maximum atomic E-state index is 12.3. The van der Waals surface area contributed by atoms with E-state index in [1.165, 1.54) is 18.4 Å². The zero-order valence-corrected chi connectivity index (χ0v) is 14.6. The highest BCUT2D eigenvalue weighted by Crippen LogP contribution is 2.33. The van der Waals surface area contributed by atoms with Crippen molar-refractivity contribution in [3.63, 3.8) is 0 Å². The normalized spacial score (nSPS) is 20.5. The number of nitrogens with one attached hydrogen (secondary N) is 1. The quantitative estimate of drug-likeness (QED) is 0.656. The molecule has 0 aliphatic carbocycles. The summed E-state index contributed by atoms with van der Waals surface area (Å²) in [7, 11) is 1.37. The molecule has 3 amide bonds. The highest BCUT2D eigenvalue weighted by atomic mass is 32.1. The maximum absolute atomic E-state index is 12.3. The second-order valence-electron chi connectivity index (χ2n) is 6.12. The van der Waals surface area contributed by atoms with Crippen LogP contribution < -0.4 is 5.32 Å². The maximum Gasteiger partial charge on any atom is 0.348 e. The third-order valence-electron chi connectivity index (χ3n) is 4.85. The van der Waals surface area contributed by atoms with E-state index in [2.05, 4.69) is 10.2 Å². The van der Waals surface area contributed by atoms with E-state index in [1.54, 1.807) is 4.90 Å². The van der Waals surface area contributed by atoms with Gasteiger partial charge in [-0.3, -0.25) is 15.0 Å². The lowest BCUT2D eigenvalue weighted by Crippen LogP contribution is -2.56. The van der Waals surface area contributed by atoms with Crippen LogP contribution in [0.15, 0.2) is 11.4 Å². The second-order valence-corrected chi connectivity index (χ2v) is 7.03. The summed E-state index contributed by atoms with van der Waals surface area (Å²) in [6.45, 7) is 4.63. The number of hydrogen-bond acceptors (Lipinski definition) is 6. The Morgan fingerprint density at radius 2 is 2.08 bits per heavy atom. The number of likely N-dealkylation sites (N-methyl/N-ethyl adjacent to an activating group) is 1. The van der Waals surface area contributed by atoms with Crippen molar-refractivity contribution >= 4 is 29.2 Å². The van der Waals surface area contributed by atoms with Gasteiger partial charge in [-0.05, 0) is 36.8 Å². The summed E-state index contributed by atoms with van der Waals surface area (Å²) in [6.07, 6.45) is 1.26. The van der Waals surface area contributed by atoms with Crippen LogP contribution in [-0.2, 0) is 16.1 Å². The van der Waals surface area contributed by atoms with Crippen LogP contribution in [0.2, 0.25) is 0 Å². The van der Waals surface area contributed by atoms with E-state index >= 15 is 0 Å². The molecule has 2 aliphatic heterocycles. The third-order valence-corrected chi connectivity index (χ3v) is 5.81. The minimum absolute atomic E-state index is 0.169. The molecular formula is C16H21N3O4S. The number of thiophene rings is 1. The molecule has 2 fully saturated rings. The van der Waals surface area contributed by atoms with Crippen molar-refractivity contribution < 1.29 is 19.1 Å². The number of rotatable bonds is 4. The number of carbonyl (C=O) groups excluding carboxylic acids is 3. The van der Waals surface area contributed by atoms with Gasteiger partial charge in [0.25, 0.3) is 5.91 Å². The first-order chi connectivity index (χ1) is 11.5. The first kappa shape index (κ1) is 16.9. The number of esters is 1. The zero-order valence-electron chi connectivity index (χ0n) is 13.8. The fraction of sp³-hybridized carbons (Fsp3) is 0.562. The van der Waals surface area contributed by atoms with Gasteiger partial charge in [0.2, 0.25) is 0 Å². The summed E-state index contributed by atoms with van der Waals surface area (Å²) in [5.41, 5.74) is 0.379. The minimum Gasteiger partial charge on any atom is -0.465 e. The molecule has 7 nitrogen and oxygen atoms in total. The molecule has 130 valence electrons. The van der Waals surface area contributed by atoms with Crippen molar-refractivity contribution in [2.75, 3.05) is 26.7 Å². The van der Waals surface area contributed by atoms with E-state index in [0.717, 1.165) is 25.2 Å². The standard InChI is InChI=1S/C16H21N3O4S/c1-3-19-15(22)17-14(21)16(19)4-6-18(7-5-16)9-11-8-12(24-10-11)13(20)23-2/h8,10H,3-7,9H2,1-2H3,(H,17,21,22). The lowest BCUT2D eigenvalue weighted by Gasteiger charge is -2.41. The molecule has 0 bridgehead atoms. The lowest BCUT2D eigenvalue weighted by molar-refractivity contribution is -0.129. The number of piperidine rings is 1. The van der Waals surface area contributed by atoms with Crippen LogP contribution in [0.1, 0.15) is 35.0 Å². The molecule has 0 saturated carbocycles. The molecule has 3 heterocycles. The summed E-state index contributed by atoms with van der Waals surface area (Å²) >= 11 is 1.38. The average molecular weight is 351 g/mol. The number of amides is 3. The van der Waals surface area contributed by atoms with Crippen LogP contribution in [-0.4, -0.2) is 60.0 Å². The number of urea groups is 1. The molecule has 24 heavy (non-hydrogen) atoms. The van der Waals surface area contributed by atoms with E-state index in [9.17, 15) is 14.4 Å². The van der Waals surface area contributed by atoms with Gasteiger partial charge in [0.05, 0.1) is 7.11 Å². The Kier molecular flexibility index (Phi) is 4.60. The van der Waals surface area contributed by atoms with Gasteiger partial charge in [-0.1, -0.05) is 0 Å². The van der Waals surface area contributed by atoms with Gasteiger partial charge in [0.15, 0.2) is 0 Å². The van der Waals surface area contributed by atoms with Crippen LogP contribution in [0.4, 0.5) is 4.79 Å². The predicted molar refractivity (Wildman–Crippen MR) is 88.8 cm³/mol. The average Bonchev–Trinajstić information content (AvgIpc) is 3.12. The van der Waals surface area contributed by atoms with Gasteiger partial charge in [0.1, 0.15) is 10.4 Å². The van der Waals surface area contributed by atoms with Gasteiger partial charge in [-0.15, -0.1) is 11.3 Å². The third kappa shape index (κ3) is 2.80. The number of carbonyl (C=O) groups is 3. The van der Waals surface area contributed by atoms with Crippen LogP contribution in [0, 0.1) is 0 Å². The summed E-state index contributed by atoms with van der Waals surface area (Å²) in [4.78, 5) is 40.2. The molecule has 3 rings (SSSR count). The fourth-order valence-electron chi connectivity index (χ4n) is 3.55. The highest BCUT2D eigenvalue weighted by molar-refractivity contribution is 7.12. The van der Waals surface area contributed by atoms with Crippen LogP contribution in [0.5, 0.6) is 0 Å². The molecule has 1 aromatic rings. The number of methoxy groups -OCH3 is 1. The lowest BCUT2D eigenvalue weighted by atomic mass is 9.86. The highest BCUT2D eigenvalue weighted by Gasteiger charge is 2.53. The summed E-state index contributed by atoms with van der Waals surface area (Å²) < 4.78 is 4.72. The van der Waals surface area contributed by atoms with E-state index < -0.39 is 5.54 Å². The van der Waals surface area contributed by atoms with E-state index in [4.69, 9.17) is 4.74 Å². The van der Waals surface area contributed by atoms with E-state index in [0.29, 0.717) is 24.3 Å². The summed E-state index contributed by atoms with van der Waals surface area (Å²) in [6, 6.07) is 1.57. The fourth-order valence-corrected chi connectivity index (χ4v) is 4.37. The van der Waals surface area contributed by atoms with Gasteiger partial charge < -0.3 is 9.64 Å². The van der Waals surface area contributed by atoms with E-state index in [-0.39, 0.29) is 17.9 Å². The van der Waals surface area contributed by atoms with Crippen molar-refractivity contribution in [3.05, 3.63) is 21.9 Å². The molecule has 0 unspecified atom stereocenters. The molecule has 2 aliphatic rings. The van der Waals surface area contributed by atoms with Crippen molar-refractivity contribution in [1.29, 1.82) is 0 Å². The van der Waals surface area contributed by atoms with Crippen molar-refractivity contribution in [1.82, 2.24) is 15.1 Å². The monoisotopic (exact) mass is 351 g/mol. The molecule has 0 aromatic carbocycles. The molecule has 1 spiro atoms. The Labute approximate surface area is 144 Å².